The third kappa shape index (κ3) is 4.31. The van der Waals surface area contributed by atoms with Crippen molar-refractivity contribution in [2.45, 2.75) is 20.3 Å². The van der Waals surface area contributed by atoms with Gasteiger partial charge in [0.2, 0.25) is 0 Å². The van der Waals surface area contributed by atoms with Crippen LogP contribution in [0.4, 0.5) is 0 Å². The Bertz CT molecular complexity index is 197. The summed E-state index contributed by atoms with van der Waals surface area (Å²) in [6.07, 6.45) is 7.99. The molecule has 0 spiro atoms. The first kappa shape index (κ1) is 9.89. The fraction of sp³-hybridized carbons (Fsp3) is 0.300. The van der Waals surface area contributed by atoms with E-state index in [1.54, 1.807) is 25.2 Å². The largest absolute Gasteiger partial charge is 0.295 e. The van der Waals surface area contributed by atoms with Gasteiger partial charge >= 0.3 is 0 Å². The van der Waals surface area contributed by atoms with Crippen molar-refractivity contribution in [1.82, 2.24) is 0 Å². The first-order chi connectivity index (χ1) is 5.22. The monoisotopic (exact) mass is 150 g/mol. The summed E-state index contributed by atoms with van der Waals surface area (Å²) in [5.74, 6) is 0.102. The fourth-order valence-electron chi connectivity index (χ4n) is 0.721. The lowest BCUT2D eigenvalue weighted by Crippen LogP contribution is -1.92. The second kappa shape index (κ2) is 5.66. The van der Waals surface area contributed by atoms with E-state index in [2.05, 4.69) is 6.58 Å². The highest BCUT2D eigenvalue weighted by molar-refractivity contribution is 5.95. The maximum absolute atomic E-state index is 10.9. The standard InChI is InChI=1S/C10H14O/c1-4-6-8-10(7-5-2)9(3)11/h4,6-8H,1,5H2,2-3H3/b8-6-,10-7+. The molecule has 0 amide bonds. The Morgan fingerprint density at radius 1 is 1.55 bits per heavy atom. The zero-order chi connectivity index (χ0) is 8.69. The maximum Gasteiger partial charge on any atom is 0.159 e. The van der Waals surface area contributed by atoms with Gasteiger partial charge in [0.1, 0.15) is 0 Å². The van der Waals surface area contributed by atoms with Gasteiger partial charge in [0.05, 0.1) is 0 Å². The molecule has 0 aliphatic carbocycles. The van der Waals surface area contributed by atoms with Crippen molar-refractivity contribution in [2.24, 2.45) is 0 Å². The van der Waals surface area contributed by atoms with Crippen molar-refractivity contribution in [3.8, 4) is 0 Å². The summed E-state index contributed by atoms with van der Waals surface area (Å²) < 4.78 is 0. The highest BCUT2D eigenvalue weighted by Gasteiger charge is 1.95. The minimum absolute atomic E-state index is 0.102. The average molecular weight is 150 g/mol. The zero-order valence-corrected chi connectivity index (χ0v) is 7.13. The second-order valence-electron chi connectivity index (χ2n) is 2.22. The lowest BCUT2D eigenvalue weighted by molar-refractivity contribution is -0.113. The van der Waals surface area contributed by atoms with Gasteiger partial charge in [0, 0.05) is 5.57 Å². The summed E-state index contributed by atoms with van der Waals surface area (Å²) in [6.45, 7) is 7.10. The van der Waals surface area contributed by atoms with E-state index in [-0.39, 0.29) is 5.78 Å². The summed E-state index contributed by atoms with van der Waals surface area (Å²) in [4.78, 5) is 10.9. The van der Waals surface area contributed by atoms with Crippen LogP contribution in [0.2, 0.25) is 0 Å². The number of carbonyl (C=O) groups is 1. The summed E-state index contributed by atoms with van der Waals surface area (Å²) in [7, 11) is 0. The Morgan fingerprint density at radius 3 is 2.55 bits per heavy atom. The van der Waals surface area contributed by atoms with E-state index in [9.17, 15) is 4.79 Å². The molecule has 0 fully saturated rings. The van der Waals surface area contributed by atoms with Gasteiger partial charge in [-0.3, -0.25) is 4.79 Å². The van der Waals surface area contributed by atoms with Crippen molar-refractivity contribution in [3.05, 3.63) is 36.5 Å². The van der Waals surface area contributed by atoms with Crippen LogP contribution in [0.5, 0.6) is 0 Å². The van der Waals surface area contributed by atoms with Crippen LogP contribution < -0.4 is 0 Å². The van der Waals surface area contributed by atoms with E-state index in [0.29, 0.717) is 0 Å². The molecule has 0 unspecified atom stereocenters. The van der Waals surface area contributed by atoms with Crippen LogP contribution in [0.1, 0.15) is 20.3 Å². The van der Waals surface area contributed by atoms with Crippen molar-refractivity contribution >= 4 is 5.78 Å². The number of ketones is 1. The SMILES string of the molecule is C=C/C=C\C(=C/CC)C(C)=O. The first-order valence-electron chi connectivity index (χ1n) is 3.72. The molecule has 1 nitrogen and oxygen atoms in total. The second-order valence-corrected chi connectivity index (χ2v) is 2.22. The van der Waals surface area contributed by atoms with Gasteiger partial charge in [0.15, 0.2) is 5.78 Å². The third-order valence-electron chi connectivity index (χ3n) is 1.24. The van der Waals surface area contributed by atoms with E-state index >= 15 is 0 Å². The number of hydrogen-bond acceptors (Lipinski definition) is 1. The van der Waals surface area contributed by atoms with Crippen LogP contribution in [0.15, 0.2) is 36.5 Å². The minimum atomic E-state index is 0.102. The van der Waals surface area contributed by atoms with E-state index < -0.39 is 0 Å². The molecule has 0 saturated carbocycles. The molecule has 0 radical (unpaired) electrons. The highest BCUT2D eigenvalue weighted by atomic mass is 16.1. The van der Waals surface area contributed by atoms with Gasteiger partial charge in [0.25, 0.3) is 0 Å². The van der Waals surface area contributed by atoms with E-state index in [4.69, 9.17) is 0 Å². The molecule has 0 saturated heterocycles. The quantitative estimate of drug-likeness (QED) is 0.445. The van der Waals surface area contributed by atoms with E-state index in [1.807, 2.05) is 13.0 Å². The lowest BCUT2D eigenvalue weighted by Gasteiger charge is -1.92. The Kier molecular flexibility index (Phi) is 5.09. The smallest absolute Gasteiger partial charge is 0.159 e. The van der Waals surface area contributed by atoms with Gasteiger partial charge in [-0.15, -0.1) is 0 Å². The normalized spacial score (nSPS) is 12.0. The van der Waals surface area contributed by atoms with E-state index in [0.717, 1.165) is 12.0 Å². The summed E-state index contributed by atoms with van der Waals surface area (Å²) in [5, 5.41) is 0. The highest BCUT2D eigenvalue weighted by Crippen LogP contribution is 2.00. The Labute approximate surface area is 68.1 Å². The molecule has 0 atom stereocenters. The molecule has 0 rings (SSSR count). The predicted molar refractivity (Wildman–Crippen MR) is 48.4 cm³/mol. The maximum atomic E-state index is 10.9. The van der Waals surface area contributed by atoms with Crippen LogP contribution >= 0.6 is 0 Å². The molecular formula is C10H14O. The van der Waals surface area contributed by atoms with Gasteiger partial charge in [-0.05, 0) is 13.3 Å². The van der Waals surface area contributed by atoms with Crippen LogP contribution in [-0.4, -0.2) is 5.78 Å². The Balaban J connectivity index is 4.35. The molecule has 0 aromatic heterocycles. The summed E-state index contributed by atoms with van der Waals surface area (Å²) >= 11 is 0. The molecular weight excluding hydrogens is 136 g/mol. The van der Waals surface area contributed by atoms with Gasteiger partial charge < -0.3 is 0 Å². The van der Waals surface area contributed by atoms with Crippen molar-refractivity contribution in [3.63, 3.8) is 0 Å². The first-order valence-corrected chi connectivity index (χ1v) is 3.72. The molecule has 60 valence electrons. The van der Waals surface area contributed by atoms with Crippen molar-refractivity contribution in [2.75, 3.05) is 0 Å². The number of hydrogen-bond donors (Lipinski definition) is 0. The summed E-state index contributed by atoms with van der Waals surface area (Å²) in [6, 6.07) is 0. The molecule has 0 aromatic rings. The molecule has 0 aromatic carbocycles. The van der Waals surface area contributed by atoms with E-state index in [1.165, 1.54) is 0 Å². The average Bonchev–Trinajstić information content (AvgIpc) is 1.97. The van der Waals surface area contributed by atoms with Crippen molar-refractivity contribution < 1.29 is 4.79 Å². The molecule has 0 bridgehead atoms. The molecule has 0 heterocycles. The van der Waals surface area contributed by atoms with Gasteiger partial charge in [-0.2, -0.15) is 0 Å². The molecule has 1 heteroatoms. The number of rotatable bonds is 4. The Hall–Kier alpha value is -1.11. The van der Waals surface area contributed by atoms with Crippen LogP contribution in [0.25, 0.3) is 0 Å². The lowest BCUT2D eigenvalue weighted by atomic mass is 10.1. The molecule has 0 N–H and O–H groups in total. The van der Waals surface area contributed by atoms with Crippen LogP contribution in [-0.2, 0) is 4.79 Å². The predicted octanol–water partition coefficient (Wildman–Crippen LogP) is 2.65. The fourth-order valence-corrected chi connectivity index (χ4v) is 0.721. The zero-order valence-electron chi connectivity index (χ0n) is 7.13. The summed E-state index contributed by atoms with van der Waals surface area (Å²) in [5.41, 5.74) is 0.757. The van der Waals surface area contributed by atoms with Crippen LogP contribution in [0.3, 0.4) is 0 Å². The number of Topliss-reactive ketones (excluding diaryl/α,β-unsaturated/α-hetero) is 1. The topological polar surface area (TPSA) is 17.1 Å². The Morgan fingerprint density at radius 2 is 2.18 bits per heavy atom. The third-order valence-corrected chi connectivity index (χ3v) is 1.24. The molecule has 0 aliphatic heterocycles. The molecule has 0 aliphatic rings. The van der Waals surface area contributed by atoms with Gasteiger partial charge in [-0.25, -0.2) is 0 Å². The number of allylic oxidation sites excluding steroid dienone is 5. The minimum Gasteiger partial charge on any atom is -0.295 e. The number of carbonyl (C=O) groups excluding carboxylic acids is 1. The van der Waals surface area contributed by atoms with Crippen LogP contribution in [0, 0.1) is 0 Å². The molecule has 11 heavy (non-hydrogen) atoms. The van der Waals surface area contributed by atoms with Crippen molar-refractivity contribution in [1.29, 1.82) is 0 Å². The van der Waals surface area contributed by atoms with Gasteiger partial charge in [-0.1, -0.05) is 37.8 Å².